The fourth-order valence-electron chi connectivity index (χ4n) is 5.91. The van der Waals surface area contributed by atoms with Gasteiger partial charge >= 0.3 is 0 Å². The summed E-state index contributed by atoms with van der Waals surface area (Å²) in [6.07, 6.45) is 1.07. The predicted octanol–water partition coefficient (Wildman–Crippen LogP) is 1.57. The first-order valence-corrected chi connectivity index (χ1v) is 16.8. The maximum absolute atomic E-state index is 12.8. The van der Waals surface area contributed by atoms with Crippen molar-refractivity contribution < 1.29 is 39.1 Å². The van der Waals surface area contributed by atoms with Crippen molar-refractivity contribution in [3.05, 3.63) is 59.4 Å². The van der Waals surface area contributed by atoms with Crippen LogP contribution in [-0.4, -0.2) is 120 Å². The quantitative estimate of drug-likeness (QED) is 0.0976. The molecule has 4 atom stereocenters. The van der Waals surface area contributed by atoms with Crippen LogP contribution in [0.5, 0.6) is 0 Å². The minimum absolute atomic E-state index is 0.0667. The smallest absolute Gasteiger partial charge is 0.262 e. The Labute approximate surface area is 285 Å². The van der Waals surface area contributed by atoms with Crippen LogP contribution in [0.15, 0.2) is 48.2 Å². The molecule has 0 saturated carbocycles. The van der Waals surface area contributed by atoms with Crippen LogP contribution in [0.2, 0.25) is 0 Å². The summed E-state index contributed by atoms with van der Waals surface area (Å²) in [5.74, 6) is -0.434. The summed E-state index contributed by atoms with van der Waals surface area (Å²) >= 11 is 0. The summed E-state index contributed by atoms with van der Waals surface area (Å²) in [6.45, 7) is 6.18. The summed E-state index contributed by atoms with van der Waals surface area (Å²) < 4.78 is 23.5. The van der Waals surface area contributed by atoms with Gasteiger partial charge in [0.2, 0.25) is 0 Å². The Kier molecular flexibility index (Phi) is 13.5. The SMILES string of the molecule is C/C(=C(/C#N)C(=O)NCCOCCOCCOCc1cn(C[C@H]2OC[C@H](O)[C@@H](O)[C@@H]2O)nn1)c1ccc2cc(N3CCCCC3)ccc2c1. The number of aliphatic hydroxyl groups excluding tert-OH is 3. The molecule has 2 aliphatic rings. The number of anilines is 1. The van der Waals surface area contributed by atoms with Crippen molar-refractivity contribution in [2.75, 3.05) is 64.2 Å². The van der Waals surface area contributed by atoms with E-state index in [1.807, 2.05) is 18.2 Å². The molecule has 1 aromatic heterocycles. The molecule has 5 rings (SSSR count). The second kappa shape index (κ2) is 18.2. The number of hydrogen-bond donors (Lipinski definition) is 4. The summed E-state index contributed by atoms with van der Waals surface area (Å²) in [7, 11) is 0. The molecule has 3 heterocycles. The first kappa shape index (κ1) is 36.3. The Morgan fingerprint density at radius 3 is 2.47 bits per heavy atom. The first-order valence-electron chi connectivity index (χ1n) is 16.8. The number of rotatable bonds is 16. The van der Waals surface area contributed by atoms with Crippen molar-refractivity contribution in [1.29, 1.82) is 5.26 Å². The second-order valence-electron chi connectivity index (χ2n) is 12.3. The molecule has 4 N–H and O–H groups in total. The number of aromatic nitrogens is 3. The number of carbonyl (C=O) groups excluding carboxylic acids is 1. The highest BCUT2D eigenvalue weighted by molar-refractivity contribution is 6.05. The van der Waals surface area contributed by atoms with E-state index >= 15 is 0 Å². The van der Waals surface area contributed by atoms with Gasteiger partial charge in [-0.05, 0) is 66.3 Å². The summed E-state index contributed by atoms with van der Waals surface area (Å²) in [6, 6.07) is 14.6. The minimum atomic E-state index is -1.27. The van der Waals surface area contributed by atoms with Gasteiger partial charge in [0.1, 0.15) is 41.8 Å². The van der Waals surface area contributed by atoms with Crippen LogP contribution in [0.3, 0.4) is 0 Å². The molecule has 2 aromatic carbocycles. The van der Waals surface area contributed by atoms with Crippen LogP contribution >= 0.6 is 0 Å². The van der Waals surface area contributed by atoms with E-state index in [1.165, 1.54) is 29.6 Å². The Morgan fingerprint density at radius 1 is 0.980 bits per heavy atom. The lowest BCUT2D eigenvalue weighted by atomic mass is 9.98. The molecule has 14 heteroatoms. The largest absolute Gasteiger partial charge is 0.388 e. The monoisotopic (exact) mass is 678 g/mol. The Hall–Kier alpha value is -3.94. The Bertz CT molecular complexity index is 1600. The fourth-order valence-corrected chi connectivity index (χ4v) is 5.91. The summed E-state index contributed by atoms with van der Waals surface area (Å²) in [4.78, 5) is 15.2. The van der Waals surface area contributed by atoms with E-state index in [-0.39, 0.29) is 38.5 Å². The lowest BCUT2D eigenvalue weighted by Crippen LogP contribution is -2.54. The molecular weight excluding hydrogens is 632 g/mol. The highest BCUT2D eigenvalue weighted by Crippen LogP contribution is 2.28. The van der Waals surface area contributed by atoms with Gasteiger partial charge in [-0.3, -0.25) is 4.79 Å². The predicted molar refractivity (Wildman–Crippen MR) is 180 cm³/mol. The van der Waals surface area contributed by atoms with E-state index in [1.54, 1.807) is 13.1 Å². The van der Waals surface area contributed by atoms with Gasteiger partial charge in [0.25, 0.3) is 5.91 Å². The van der Waals surface area contributed by atoms with E-state index < -0.39 is 30.3 Å². The van der Waals surface area contributed by atoms with E-state index in [4.69, 9.17) is 18.9 Å². The lowest BCUT2D eigenvalue weighted by molar-refractivity contribution is -0.190. The first-order chi connectivity index (χ1) is 23.8. The molecule has 0 unspecified atom stereocenters. The molecule has 2 aliphatic heterocycles. The normalized spacial score (nSPS) is 21.7. The number of amides is 1. The average molecular weight is 679 g/mol. The Morgan fingerprint density at radius 2 is 1.69 bits per heavy atom. The molecule has 49 heavy (non-hydrogen) atoms. The second-order valence-corrected chi connectivity index (χ2v) is 12.3. The van der Waals surface area contributed by atoms with E-state index in [0.29, 0.717) is 37.7 Å². The van der Waals surface area contributed by atoms with Crippen molar-refractivity contribution in [3.8, 4) is 6.07 Å². The average Bonchev–Trinajstić information content (AvgIpc) is 3.58. The molecule has 3 aromatic rings. The van der Waals surface area contributed by atoms with Gasteiger partial charge < -0.3 is 44.5 Å². The van der Waals surface area contributed by atoms with Gasteiger partial charge in [-0.2, -0.15) is 5.26 Å². The van der Waals surface area contributed by atoms with E-state index in [9.17, 15) is 25.4 Å². The highest BCUT2D eigenvalue weighted by atomic mass is 16.5. The summed E-state index contributed by atoms with van der Waals surface area (Å²) in [5.41, 5.74) is 3.36. The van der Waals surface area contributed by atoms with Crippen LogP contribution in [-0.2, 0) is 36.9 Å². The van der Waals surface area contributed by atoms with Gasteiger partial charge in [0, 0.05) is 25.3 Å². The zero-order valence-corrected chi connectivity index (χ0v) is 27.9. The molecule has 0 aliphatic carbocycles. The molecule has 1 amide bonds. The van der Waals surface area contributed by atoms with Crippen LogP contribution in [0, 0.1) is 11.3 Å². The van der Waals surface area contributed by atoms with Gasteiger partial charge in [-0.15, -0.1) is 5.10 Å². The summed E-state index contributed by atoms with van der Waals surface area (Å²) in [5, 5.41) is 52.2. The van der Waals surface area contributed by atoms with Crippen LogP contribution in [0.25, 0.3) is 16.3 Å². The molecule has 0 radical (unpaired) electrons. The van der Waals surface area contributed by atoms with Gasteiger partial charge in [0.05, 0.1) is 59.0 Å². The number of fused-ring (bicyclic) bond motifs is 1. The van der Waals surface area contributed by atoms with Gasteiger partial charge in [0.15, 0.2) is 0 Å². The van der Waals surface area contributed by atoms with Crippen LogP contribution < -0.4 is 10.2 Å². The maximum Gasteiger partial charge on any atom is 0.262 e. The molecule has 2 saturated heterocycles. The molecule has 0 spiro atoms. The number of benzene rings is 2. The number of ether oxygens (including phenoxy) is 4. The van der Waals surface area contributed by atoms with Crippen LogP contribution in [0.4, 0.5) is 5.69 Å². The Balaban J connectivity index is 0.939. The van der Waals surface area contributed by atoms with E-state index in [2.05, 4.69) is 44.8 Å². The van der Waals surface area contributed by atoms with Crippen molar-refractivity contribution in [2.24, 2.45) is 0 Å². The number of piperidine rings is 1. The van der Waals surface area contributed by atoms with Crippen molar-refractivity contribution in [3.63, 3.8) is 0 Å². The number of nitrogens with one attached hydrogen (secondary N) is 1. The van der Waals surface area contributed by atoms with Crippen molar-refractivity contribution >= 4 is 27.9 Å². The lowest BCUT2D eigenvalue weighted by Gasteiger charge is -2.35. The number of aliphatic hydroxyl groups is 3. The van der Waals surface area contributed by atoms with Crippen molar-refractivity contribution in [2.45, 2.75) is 63.8 Å². The number of nitrogens with zero attached hydrogens (tertiary/aromatic N) is 5. The minimum Gasteiger partial charge on any atom is -0.388 e. The molecule has 2 fully saturated rings. The third-order valence-corrected chi connectivity index (χ3v) is 8.78. The molecular formula is C35H46N6O8. The van der Waals surface area contributed by atoms with Gasteiger partial charge in [-0.1, -0.05) is 23.4 Å². The zero-order chi connectivity index (χ0) is 34.6. The third-order valence-electron chi connectivity index (χ3n) is 8.78. The van der Waals surface area contributed by atoms with Crippen LogP contribution in [0.1, 0.15) is 37.4 Å². The molecule has 14 nitrogen and oxygen atoms in total. The number of hydrogen-bond acceptors (Lipinski definition) is 12. The number of nitriles is 1. The topological polar surface area (TPSA) is 184 Å². The van der Waals surface area contributed by atoms with E-state index in [0.717, 1.165) is 29.4 Å². The molecule has 264 valence electrons. The van der Waals surface area contributed by atoms with Gasteiger partial charge in [-0.25, -0.2) is 4.68 Å². The van der Waals surface area contributed by atoms with Crippen molar-refractivity contribution in [1.82, 2.24) is 20.3 Å². The number of carbonyl (C=O) groups is 1. The third kappa shape index (κ3) is 10.1. The zero-order valence-electron chi connectivity index (χ0n) is 27.9. The standard InChI is InChI=1S/C35H46N6O8/c1-24(25-5-6-27-18-29(8-7-26(27)17-25)40-10-3-2-4-11-40)30(19-36)35(45)37-9-12-46-13-14-47-15-16-48-22-28-20-41(39-38-28)21-32-34(44)33(43)31(42)23-49-32/h5-8,17-18,20,31-34,42-44H,2-4,9-16,21-23H2,1H3,(H,37,45)/b30-24+/t31-,32+,33+,34+/m0/s1. The maximum atomic E-state index is 12.8. The number of allylic oxidation sites excluding steroid dienone is 1. The highest BCUT2D eigenvalue weighted by Gasteiger charge is 2.37. The molecule has 0 bridgehead atoms. The fraction of sp³-hybridized carbons (Fsp3) is 0.543.